The molecule has 0 atom stereocenters. The Balaban J connectivity index is 2.23. The minimum absolute atomic E-state index is 0.211. The van der Waals surface area contributed by atoms with Crippen LogP contribution in [0.15, 0.2) is 30.6 Å². The Labute approximate surface area is 119 Å². The number of imidazole rings is 1. The minimum atomic E-state index is -0.211. The van der Waals surface area contributed by atoms with E-state index in [1.807, 2.05) is 22.9 Å². The van der Waals surface area contributed by atoms with E-state index < -0.39 is 0 Å². The summed E-state index contributed by atoms with van der Waals surface area (Å²) in [5.41, 5.74) is 1.52. The number of halogens is 1. The maximum Gasteiger partial charge on any atom is 0.142 e. The summed E-state index contributed by atoms with van der Waals surface area (Å²) >= 11 is 0. The summed E-state index contributed by atoms with van der Waals surface area (Å²) in [6.07, 6.45) is 4.62. The van der Waals surface area contributed by atoms with E-state index in [0.717, 1.165) is 18.5 Å². The molecule has 1 heterocycles. The van der Waals surface area contributed by atoms with Gasteiger partial charge in [-0.25, -0.2) is 9.37 Å². The van der Waals surface area contributed by atoms with Crippen molar-refractivity contribution in [1.29, 1.82) is 0 Å². The number of aromatic nitrogens is 2. The predicted octanol–water partition coefficient (Wildman–Crippen LogP) is 3.60. The van der Waals surface area contributed by atoms with Gasteiger partial charge in [0.15, 0.2) is 0 Å². The number of rotatable bonds is 6. The van der Waals surface area contributed by atoms with Gasteiger partial charge in [-0.05, 0) is 24.1 Å². The van der Waals surface area contributed by atoms with E-state index in [9.17, 15) is 4.39 Å². The number of hydrogen-bond acceptors (Lipinski definition) is 2. The van der Waals surface area contributed by atoms with E-state index in [1.54, 1.807) is 12.3 Å². The molecule has 0 bridgehead atoms. The summed E-state index contributed by atoms with van der Waals surface area (Å²) in [5, 5.41) is 3.29. The van der Waals surface area contributed by atoms with Gasteiger partial charge in [-0.2, -0.15) is 0 Å². The van der Waals surface area contributed by atoms with Gasteiger partial charge in [-0.1, -0.05) is 26.8 Å². The van der Waals surface area contributed by atoms with Gasteiger partial charge < -0.3 is 9.88 Å². The first-order valence-corrected chi connectivity index (χ1v) is 7.15. The van der Waals surface area contributed by atoms with Gasteiger partial charge in [-0.15, -0.1) is 0 Å². The average molecular weight is 275 g/mol. The number of nitrogens with one attached hydrogen (secondary N) is 1. The lowest BCUT2D eigenvalue weighted by Gasteiger charge is -2.11. The largest absolute Gasteiger partial charge is 0.331 e. The predicted molar refractivity (Wildman–Crippen MR) is 79.9 cm³/mol. The molecule has 0 aliphatic carbocycles. The Morgan fingerprint density at radius 2 is 2.15 bits per heavy atom. The summed E-state index contributed by atoms with van der Waals surface area (Å²) in [6, 6.07) is 5.76. The number of nitrogens with zero attached hydrogens (tertiary/aromatic N) is 2. The lowest BCUT2D eigenvalue weighted by Crippen LogP contribution is -2.21. The van der Waals surface area contributed by atoms with Crippen molar-refractivity contribution in [2.45, 2.75) is 46.3 Å². The van der Waals surface area contributed by atoms with Crippen LogP contribution in [0.1, 0.15) is 32.8 Å². The molecule has 1 N–H and O–H groups in total. The first kappa shape index (κ1) is 14.7. The Bertz CT molecular complexity index is 561. The van der Waals surface area contributed by atoms with Gasteiger partial charge in [0, 0.05) is 31.5 Å². The topological polar surface area (TPSA) is 29.9 Å². The molecule has 2 aromatic rings. The van der Waals surface area contributed by atoms with E-state index >= 15 is 0 Å². The van der Waals surface area contributed by atoms with Crippen molar-refractivity contribution < 1.29 is 4.39 Å². The van der Waals surface area contributed by atoms with Gasteiger partial charge in [0.05, 0.1) is 5.56 Å². The third kappa shape index (κ3) is 3.45. The van der Waals surface area contributed by atoms with Crippen LogP contribution in [0.25, 0.3) is 11.4 Å². The molecule has 0 aliphatic heterocycles. The molecular weight excluding hydrogens is 253 g/mol. The van der Waals surface area contributed by atoms with Crippen molar-refractivity contribution in [3.63, 3.8) is 0 Å². The summed E-state index contributed by atoms with van der Waals surface area (Å²) in [4.78, 5) is 4.28. The first-order valence-electron chi connectivity index (χ1n) is 7.15. The minimum Gasteiger partial charge on any atom is -0.331 e. The van der Waals surface area contributed by atoms with Crippen LogP contribution in [-0.2, 0) is 13.1 Å². The van der Waals surface area contributed by atoms with Gasteiger partial charge in [-0.3, -0.25) is 0 Å². The van der Waals surface area contributed by atoms with Crippen molar-refractivity contribution >= 4 is 0 Å². The summed E-state index contributed by atoms with van der Waals surface area (Å²) < 4.78 is 16.3. The van der Waals surface area contributed by atoms with Gasteiger partial charge in [0.25, 0.3) is 0 Å². The van der Waals surface area contributed by atoms with Gasteiger partial charge >= 0.3 is 0 Å². The van der Waals surface area contributed by atoms with Crippen molar-refractivity contribution in [3.8, 4) is 11.4 Å². The standard InChI is InChI=1S/C16H22FN3/c1-4-8-20-9-7-18-16(20)14-6-5-13(10-15(14)17)11-19-12(2)3/h5-7,9-10,12,19H,4,8,11H2,1-3H3. The maximum absolute atomic E-state index is 14.3. The highest BCUT2D eigenvalue weighted by atomic mass is 19.1. The fourth-order valence-electron chi connectivity index (χ4n) is 2.15. The highest BCUT2D eigenvalue weighted by molar-refractivity contribution is 5.57. The fraction of sp³-hybridized carbons (Fsp3) is 0.438. The molecule has 0 aliphatic rings. The van der Waals surface area contributed by atoms with E-state index in [1.165, 1.54) is 0 Å². The molecule has 1 aromatic heterocycles. The van der Waals surface area contributed by atoms with E-state index in [0.29, 0.717) is 24.0 Å². The van der Waals surface area contributed by atoms with Crippen LogP contribution in [0.3, 0.4) is 0 Å². The Kier molecular flexibility index (Phi) is 4.90. The molecule has 1 aromatic carbocycles. The smallest absolute Gasteiger partial charge is 0.142 e. The molecule has 0 unspecified atom stereocenters. The Hall–Kier alpha value is -1.68. The second kappa shape index (κ2) is 6.66. The first-order chi connectivity index (χ1) is 9.61. The highest BCUT2D eigenvalue weighted by Gasteiger charge is 2.11. The van der Waals surface area contributed by atoms with E-state index in [-0.39, 0.29) is 5.82 Å². The van der Waals surface area contributed by atoms with E-state index in [2.05, 4.69) is 31.1 Å². The van der Waals surface area contributed by atoms with Gasteiger partial charge in [0.2, 0.25) is 0 Å². The number of benzene rings is 1. The highest BCUT2D eigenvalue weighted by Crippen LogP contribution is 2.22. The van der Waals surface area contributed by atoms with Crippen LogP contribution in [0, 0.1) is 5.82 Å². The second-order valence-electron chi connectivity index (χ2n) is 5.29. The quantitative estimate of drug-likeness (QED) is 0.873. The molecule has 20 heavy (non-hydrogen) atoms. The van der Waals surface area contributed by atoms with Crippen LogP contribution in [0.5, 0.6) is 0 Å². The van der Waals surface area contributed by atoms with E-state index in [4.69, 9.17) is 0 Å². The molecule has 0 amide bonds. The molecule has 108 valence electrons. The van der Waals surface area contributed by atoms with Crippen molar-refractivity contribution in [2.24, 2.45) is 0 Å². The van der Waals surface area contributed by atoms with Crippen molar-refractivity contribution in [1.82, 2.24) is 14.9 Å². The lowest BCUT2D eigenvalue weighted by molar-refractivity contribution is 0.581. The van der Waals surface area contributed by atoms with Gasteiger partial charge in [0.1, 0.15) is 11.6 Å². The molecule has 3 nitrogen and oxygen atoms in total. The molecule has 0 spiro atoms. The molecular formula is C16H22FN3. The second-order valence-corrected chi connectivity index (χ2v) is 5.29. The molecule has 0 saturated carbocycles. The molecule has 0 fully saturated rings. The Morgan fingerprint density at radius 1 is 1.35 bits per heavy atom. The summed E-state index contributed by atoms with van der Waals surface area (Å²) in [6.45, 7) is 7.78. The zero-order valence-corrected chi connectivity index (χ0v) is 12.4. The molecule has 2 rings (SSSR count). The third-order valence-electron chi connectivity index (χ3n) is 3.17. The monoisotopic (exact) mass is 275 g/mol. The van der Waals surface area contributed by atoms with Crippen LogP contribution in [0.2, 0.25) is 0 Å². The normalized spacial score (nSPS) is 11.2. The van der Waals surface area contributed by atoms with Crippen LogP contribution in [-0.4, -0.2) is 15.6 Å². The zero-order chi connectivity index (χ0) is 14.5. The zero-order valence-electron chi connectivity index (χ0n) is 12.4. The SMILES string of the molecule is CCCn1ccnc1-c1ccc(CNC(C)C)cc1F. The molecule has 4 heteroatoms. The average Bonchev–Trinajstić information content (AvgIpc) is 2.85. The molecule has 0 saturated heterocycles. The van der Waals surface area contributed by atoms with Crippen LogP contribution in [0.4, 0.5) is 4.39 Å². The third-order valence-corrected chi connectivity index (χ3v) is 3.17. The lowest BCUT2D eigenvalue weighted by atomic mass is 10.1. The summed E-state index contributed by atoms with van der Waals surface area (Å²) in [7, 11) is 0. The summed E-state index contributed by atoms with van der Waals surface area (Å²) in [5.74, 6) is 0.490. The number of aryl methyl sites for hydroxylation is 1. The fourth-order valence-corrected chi connectivity index (χ4v) is 2.15. The van der Waals surface area contributed by atoms with Crippen molar-refractivity contribution in [3.05, 3.63) is 42.0 Å². The molecule has 0 radical (unpaired) electrons. The van der Waals surface area contributed by atoms with Crippen LogP contribution >= 0.6 is 0 Å². The van der Waals surface area contributed by atoms with Crippen molar-refractivity contribution in [2.75, 3.05) is 0 Å². The Morgan fingerprint density at radius 3 is 2.80 bits per heavy atom. The number of hydrogen-bond donors (Lipinski definition) is 1. The maximum atomic E-state index is 14.3. The van der Waals surface area contributed by atoms with Crippen LogP contribution < -0.4 is 5.32 Å².